The molecular weight excluding hydrogens is 408 g/mol. The van der Waals surface area contributed by atoms with Crippen LogP contribution in [0.2, 0.25) is 0 Å². The Morgan fingerprint density at radius 2 is 2.07 bits per heavy atom. The average molecular weight is 428 g/mol. The zero-order chi connectivity index (χ0) is 20.8. The van der Waals surface area contributed by atoms with Gasteiger partial charge in [-0.05, 0) is 25.0 Å². The molecule has 9 nitrogen and oxygen atoms in total. The number of carboxylic acid groups (broad SMARTS) is 1. The number of amides is 1. The summed E-state index contributed by atoms with van der Waals surface area (Å²) in [4.78, 5) is 39.3. The first-order valence-electron chi connectivity index (χ1n) is 8.27. The van der Waals surface area contributed by atoms with E-state index in [4.69, 9.17) is 14.3 Å². The van der Waals surface area contributed by atoms with E-state index < -0.39 is 28.6 Å². The third kappa shape index (κ3) is 6.27. The van der Waals surface area contributed by atoms with Crippen LogP contribution in [0.1, 0.15) is 45.5 Å². The highest BCUT2D eigenvalue weighted by atomic mass is 32.2. The van der Waals surface area contributed by atoms with Gasteiger partial charge in [-0.3, -0.25) is 9.00 Å². The van der Waals surface area contributed by atoms with Crippen LogP contribution in [-0.4, -0.2) is 44.5 Å². The van der Waals surface area contributed by atoms with Crippen LogP contribution in [-0.2, 0) is 26.1 Å². The second-order valence-electron chi connectivity index (χ2n) is 6.27. The molecule has 0 aromatic carbocycles. The molecule has 1 amide bonds. The molecule has 2 aromatic rings. The molecular formula is C17H20N2O7S2. The molecule has 152 valence electrons. The third-order valence-corrected chi connectivity index (χ3v) is 5.49. The summed E-state index contributed by atoms with van der Waals surface area (Å²) in [5.41, 5.74) is 0.437. The fraction of sp³-hybridized carbons (Fsp3) is 0.412. The van der Waals surface area contributed by atoms with Gasteiger partial charge in [-0.2, -0.15) is 0 Å². The minimum atomic E-state index is -1.60. The van der Waals surface area contributed by atoms with Crippen LogP contribution < -0.4 is 5.32 Å². The van der Waals surface area contributed by atoms with E-state index in [2.05, 4.69) is 10.3 Å². The number of carboxylic acids is 1. The largest absolute Gasteiger partial charge is 0.475 e. The maximum absolute atomic E-state index is 12.1. The average Bonchev–Trinajstić information content (AvgIpc) is 3.19. The molecule has 1 unspecified atom stereocenters. The van der Waals surface area contributed by atoms with E-state index in [0.29, 0.717) is 10.6 Å². The van der Waals surface area contributed by atoms with Crippen LogP contribution in [0.25, 0.3) is 0 Å². The highest BCUT2D eigenvalue weighted by Crippen LogP contribution is 2.23. The van der Waals surface area contributed by atoms with Crippen molar-refractivity contribution in [2.24, 2.45) is 5.92 Å². The Bertz CT molecular complexity index is 901. The molecule has 2 heterocycles. The molecule has 0 saturated carbocycles. The summed E-state index contributed by atoms with van der Waals surface area (Å²) in [5, 5.41) is 11.5. The summed E-state index contributed by atoms with van der Waals surface area (Å²) in [6, 6.07) is 2.66. The zero-order valence-electron chi connectivity index (χ0n) is 15.5. The van der Waals surface area contributed by atoms with Gasteiger partial charge in [0, 0.05) is 10.8 Å². The number of rotatable bonds is 9. The summed E-state index contributed by atoms with van der Waals surface area (Å²) in [5.74, 6) is -2.53. The van der Waals surface area contributed by atoms with E-state index in [9.17, 15) is 18.6 Å². The zero-order valence-corrected chi connectivity index (χ0v) is 17.1. The van der Waals surface area contributed by atoms with E-state index in [0.717, 1.165) is 11.3 Å². The molecule has 2 N–H and O–H groups in total. The highest BCUT2D eigenvalue weighted by Gasteiger charge is 2.19. The molecule has 0 radical (unpaired) electrons. The first kappa shape index (κ1) is 21.8. The number of thiazole rings is 1. The Hall–Kier alpha value is -2.53. The van der Waals surface area contributed by atoms with Crippen molar-refractivity contribution in [2.45, 2.75) is 26.5 Å². The number of carbonyl (C=O) groups excluding carboxylic acids is 2. The van der Waals surface area contributed by atoms with Gasteiger partial charge in [0.1, 0.15) is 16.4 Å². The van der Waals surface area contributed by atoms with Gasteiger partial charge in [0.15, 0.2) is 5.13 Å². The first-order chi connectivity index (χ1) is 13.2. The van der Waals surface area contributed by atoms with Gasteiger partial charge in [-0.25, -0.2) is 14.6 Å². The predicted molar refractivity (Wildman–Crippen MR) is 103 cm³/mol. The van der Waals surface area contributed by atoms with Crippen molar-refractivity contribution in [1.82, 2.24) is 4.98 Å². The lowest BCUT2D eigenvalue weighted by Gasteiger charge is -2.05. The molecule has 2 aromatic heterocycles. The number of anilines is 1. The number of aryl methyl sites for hydroxylation is 1. The van der Waals surface area contributed by atoms with Crippen molar-refractivity contribution in [1.29, 1.82) is 0 Å². The molecule has 0 aliphatic rings. The lowest BCUT2D eigenvalue weighted by Crippen LogP contribution is -2.20. The van der Waals surface area contributed by atoms with Crippen LogP contribution in [0, 0.1) is 12.8 Å². The normalized spacial score (nSPS) is 12.0. The molecule has 0 aliphatic heterocycles. The fourth-order valence-electron chi connectivity index (χ4n) is 2.03. The van der Waals surface area contributed by atoms with Crippen LogP contribution in [0.4, 0.5) is 5.13 Å². The lowest BCUT2D eigenvalue weighted by atomic mass is 10.2. The topological polar surface area (TPSA) is 136 Å². The predicted octanol–water partition coefficient (Wildman–Crippen LogP) is 2.44. The van der Waals surface area contributed by atoms with Gasteiger partial charge < -0.3 is 19.6 Å². The monoisotopic (exact) mass is 428 g/mol. The molecule has 28 heavy (non-hydrogen) atoms. The van der Waals surface area contributed by atoms with Gasteiger partial charge >= 0.3 is 11.9 Å². The quantitative estimate of drug-likeness (QED) is 0.581. The lowest BCUT2D eigenvalue weighted by molar-refractivity contribution is -0.113. The number of ether oxygens (including phenoxy) is 1. The number of esters is 1. The summed E-state index contributed by atoms with van der Waals surface area (Å²) in [6.07, 6.45) is 0. The van der Waals surface area contributed by atoms with Crippen LogP contribution in [0.3, 0.4) is 0 Å². The number of aromatic nitrogens is 1. The molecule has 0 aliphatic carbocycles. The van der Waals surface area contributed by atoms with E-state index in [1.165, 1.54) is 12.1 Å². The molecule has 1 atom stereocenters. The van der Waals surface area contributed by atoms with Crippen molar-refractivity contribution in [3.8, 4) is 0 Å². The second kappa shape index (κ2) is 9.60. The number of nitrogens with one attached hydrogen (secondary N) is 1. The van der Waals surface area contributed by atoms with Crippen molar-refractivity contribution < 1.29 is 32.9 Å². The number of furan rings is 1. The summed E-state index contributed by atoms with van der Waals surface area (Å²) < 4.78 is 22.2. The van der Waals surface area contributed by atoms with Crippen molar-refractivity contribution >= 4 is 45.1 Å². The van der Waals surface area contributed by atoms with E-state index >= 15 is 0 Å². The summed E-state index contributed by atoms with van der Waals surface area (Å²) in [7, 11) is -1.60. The number of hydrogen-bond donors (Lipinski definition) is 2. The van der Waals surface area contributed by atoms with E-state index in [-0.39, 0.29) is 40.7 Å². The maximum atomic E-state index is 12.1. The van der Waals surface area contributed by atoms with Crippen molar-refractivity contribution in [3.63, 3.8) is 0 Å². The van der Waals surface area contributed by atoms with Crippen LogP contribution >= 0.6 is 11.3 Å². The minimum absolute atomic E-state index is 0.0929. The van der Waals surface area contributed by atoms with E-state index in [1.54, 1.807) is 6.92 Å². The van der Waals surface area contributed by atoms with Gasteiger partial charge in [-0.1, -0.05) is 25.2 Å². The molecule has 11 heteroatoms. The standard InChI is InChI=1S/C17H20N2O7S2/c1-9(2)6-25-16(23)14-10(3)18-17(27-14)19-13(20)8-28(24)7-11-4-5-12(26-11)15(21)22/h4-5,9H,6-8H2,1-3H3,(H,21,22)(H,18,19,20). The van der Waals surface area contributed by atoms with Gasteiger partial charge in [0.05, 0.1) is 18.1 Å². The fourth-order valence-corrected chi connectivity index (χ4v) is 3.84. The number of aromatic carboxylic acids is 1. The smallest absolute Gasteiger partial charge is 0.371 e. The Morgan fingerprint density at radius 1 is 1.36 bits per heavy atom. The molecule has 2 rings (SSSR count). The second-order valence-corrected chi connectivity index (χ2v) is 8.73. The Balaban J connectivity index is 1.90. The Morgan fingerprint density at radius 3 is 2.68 bits per heavy atom. The van der Waals surface area contributed by atoms with Crippen LogP contribution in [0.5, 0.6) is 0 Å². The Labute approximate surface area is 167 Å². The maximum Gasteiger partial charge on any atom is 0.371 e. The van der Waals surface area contributed by atoms with Gasteiger partial charge in [0.2, 0.25) is 11.7 Å². The SMILES string of the molecule is Cc1nc(NC(=O)CS(=O)Cc2ccc(C(=O)O)o2)sc1C(=O)OCC(C)C. The molecule has 0 saturated heterocycles. The van der Waals surface area contributed by atoms with Crippen molar-refractivity contribution in [3.05, 3.63) is 34.2 Å². The molecule has 0 bridgehead atoms. The highest BCUT2D eigenvalue weighted by molar-refractivity contribution is 7.84. The number of carbonyl (C=O) groups is 3. The first-order valence-corrected chi connectivity index (χ1v) is 10.6. The Kier molecular flexibility index (Phi) is 7.46. The van der Waals surface area contributed by atoms with Crippen LogP contribution in [0.15, 0.2) is 16.5 Å². The number of nitrogens with zero attached hydrogens (tertiary/aromatic N) is 1. The molecule has 0 spiro atoms. The third-order valence-electron chi connectivity index (χ3n) is 3.24. The van der Waals surface area contributed by atoms with E-state index in [1.807, 2.05) is 13.8 Å². The number of hydrogen-bond acceptors (Lipinski definition) is 8. The summed E-state index contributed by atoms with van der Waals surface area (Å²) >= 11 is 0.985. The summed E-state index contributed by atoms with van der Waals surface area (Å²) in [6.45, 7) is 5.76. The van der Waals surface area contributed by atoms with Gasteiger partial charge in [-0.15, -0.1) is 0 Å². The minimum Gasteiger partial charge on any atom is -0.475 e. The van der Waals surface area contributed by atoms with Gasteiger partial charge in [0.25, 0.3) is 0 Å². The molecule has 0 fully saturated rings. The van der Waals surface area contributed by atoms with Crippen molar-refractivity contribution in [2.75, 3.05) is 17.7 Å².